The highest BCUT2D eigenvalue weighted by molar-refractivity contribution is 5.84. The molecule has 0 spiro atoms. The van der Waals surface area contributed by atoms with Crippen molar-refractivity contribution in [1.29, 1.82) is 0 Å². The van der Waals surface area contributed by atoms with E-state index in [0.717, 1.165) is 116 Å². The van der Waals surface area contributed by atoms with Crippen molar-refractivity contribution in [3.8, 4) is 22.8 Å². The first-order valence-electron chi connectivity index (χ1n) is 17.3. The fourth-order valence-corrected chi connectivity index (χ4v) is 7.33. The Kier molecular flexibility index (Phi) is 9.36. The molecule has 0 unspecified atom stereocenters. The lowest BCUT2D eigenvalue weighted by Gasteiger charge is -2.44. The SMILES string of the molecule is CCCc1ccc(-c2ccc(Oc3cc4nc(N5CCN(C6CCOCC6)C[C@H]5C)ccc4cc3CN3C[C@@H](C)CC3=O)cc2)nn1. The van der Waals surface area contributed by atoms with E-state index in [9.17, 15) is 4.79 Å². The molecule has 3 saturated heterocycles. The summed E-state index contributed by atoms with van der Waals surface area (Å²) in [6.07, 6.45) is 4.82. The maximum atomic E-state index is 12.8. The van der Waals surface area contributed by atoms with Gasteiger partial charge in [-0.1, -0.05) is 20.3 Å². The predicted molar refractivity (Wildman–Crippen MR) is 185 cm³/mol. The second kappa shape index (κ2) is 14.0. The molecule has 1 amide bonds. The molecule has 3 fully saturated rings. The maximum absolute atomic E-state index is 12.8. The van der Waals surface area contributed by atoms with E-state index in [2.05, 4.69) is 59.0 Å². The first-order chi connectivity index (χ1) is 22.9. The van der Waals surface area contributed by atoms with Gasteiger partial charge in [0.1, 0.15) is 17.3 Å². The molecule has 3 aliphatic rings. The third-order valence-corrected chi connectivity index (χ3v) is 9.89. The van der Waals surface area contributed by atoms with Crippen molar-refractivity contribution in [2.24, 2.45) is 5.92 Å². The molecule has 47 heavy (non-hydrogen) atoms. The fraction of sp³-hybridized carbons (Fsp3) is 0.474. The monoisotopic (exact) mass is 634 g/mol. The molecule has 5 heterocycles. The lowest BCUT2D eigenvalue weighted by molar-refractivity contribution is -0.128. The topological polar surface area (TPSA) is 83.9 Å². The van der Waals surface area contributed by atoms with Gasteiger partial charge >= 0.3 is 0 Å². The van der Waals surface area contributed by atoms with Crippen molar-refractivity contribution < 1.29 is 14.3 Å². The molecule has 2 atom stereocenters. The summed E-state index contributed by atoms with van der Waals surface area (Å²) in [6.45, 7) is 12.6. The molecule has 0 aliphatic carbocycles. The standard InChI is InChI=1S/C38H46N6O3/c1-4-5-31-9-12-34(41-40-31)28-6-10-33(11-7-28)47-36-22-35-29(21-30(36)25-43-23-26(2)20-38(43)45)8-13-37(39-35)44-17-16-42(24-27(44)3)32-14-18-46-19-15-32/h6-13,21-22,26-27,32H,4-5,14-20,23-25H2,1-3H3/t26-,27+/m0/s1. The fourth-order valence-electron chi connectivity index (χ4n) is 7.33. The summed E-state index contributed by atoms with van der Waals surface area (Å²) in [4.78, 5) is 25.0. The van der Waals surface area contributed by atoms with Crippen LogP contribution in [-0.4, -0.2) is 82.4 Å². The Balaban J connectivity index is 1.14. The Hall–Kier alpha value is -4.08. The van der Waals surface area contributed by atoms with E-state index in [1.54, 1.807) is 0 Å². The van der Waals surface area contributed by atoms with E-state index in [1.807, 2.05) is 47.4 Å². The second-order valence-corrected chi connectivity index (χ2v) is 13.6. The largest absolute Gasteiger partial charge is 0.457 e. The van der Waals surface area contributed by atoms with Crippen molar-refractivity contribution in [3.05, 3.63) is 71.9 Å². The van der Waals surface area contributed by atoms with E-state index in [0.29, 0.717) is 31.0 Å². The average Bonchev–Trinajstić information content (AvgIpc) is 3.41. The van der Waals surface area contributed by atoms with E-state index in [-0.39, 0.29) is 5.91 Å². The van der Waals surface area contributed by atoms with Crippen LogP contribution in [0.25, 0.3) is 22.2 Å². The number of hydrogen-bond donors (Lipinski definition) is 0. The molecule has 7 rings (SSSR count). The van der Waals surface area contributed by atoms with Crippen LogP contribution >= 0.6 is 0 Å². The maximum Gasteiger partial charge on any atom is 0.223 e. The minimum Gasteiger partial charge on any atom is -0.457 e. The molecular weight excluding hydrogens is 588 g/mol. The summed E-state index contributed by atoms with van der Waals surface area (Å²) in [5, 5.41) is 9.85. The lowest BCUT2D eigenvalue weighted by atomic mass is 10.0. The Morgan fingerprint density at radius 1 is 0.936 bits per heavy atom. The number of pyridine rings is 1. The van der Waals surface area contributed by atoms with Crippen molar-refractivity contribution in [1.82, 2.24) is 25.0 Å². The van der Waals surface area contributed by atoms with E-state index in [1.165, 1.54) is 0 Å². The van der Waals surface area contributed by atoms with Crippen LogP contribution in [0.5, 0.6) is 11.5 Å². The number of piperazine rings is 1. The lowest BCUT2D eigenvalue weighted by Crippen LogP contribution is -2.56. The van der Waals surface area contributed by atoms with Crippen molar-refractivity contribution >= 4 is 22.6 Å². The molecule has 3 aliphatic heterocycles. The molecule has 0 bridgehead atoms. The van der Waals surface area contributed by atoms with Crippen LogP contribution in [0.1, 0.15) is 57.7 Å². The number of aryl methyl sites for hydroxylation is 1. The summed E-state index contributed by atoms with van der Waals surface area (Å²) in [6, 6.07) is 21.5. The molecule has 246 valence electrons. The van der Waals surface area contributed by atoms with Crippen LogP contribution in [0.2, 0.25) is 0 Å². The zero-order valence-electron chi connectivity index (χ0n) is 27.9. The first kappa shape index (κ1) is 31.5. The van der Waals surface area contributed by atoms with Crippen LogP contribution < -0.4 is 9.64 Å². The first-order valence-corrected chi connectivity index (χ1v) is 17.3. The average molecular weight is 635 g/mol. The van der Waals surface area contributed by atoms with Crippen molar-refractivity contribution in [2.75, 3.05) is 44.3 Å². The minimum atomic E-state index is 0.196. The zero-order chi connectivity index (χ0) is 32.3. The van der Waals surface area contributed by atoms with E-state index in [4.69, 9.17) is 14.5 Å². The van der Waals surface area contributed by atoms with Gasteiger partial charge in [0, 0.05) is 87.0 Å². The summed E-state index contributed by atoms with van der Waals surface area (Å²) in [5.41, 5.74) is 4.70. The Bertz CT molecular complexity index is 1690. The van der Waals surface area contributed by atoms with E-state index >= 15 is 0 Å². The summed E-state index contributed by atoms with van der Waals surface area (Å²) in [5.74, 6) is 3.00. The summed E-state index contributed by atoms with van der Waals surface area (Å²) in [7, 11) is 0. The van der Waals surface area contributed by atoms with Crippen LogP contribution in [-0.2, 0) is 22.5 Å². The highest BCUT2D eigenvalue weighted by Gasteiger charge is 2.31. The second-order valence-electron chi connectivity index (χ2n) is 13.6. The van der Waals surface area contributed by atoms with Gasteiger partial charge in [-0.25, -0.2) is 4.98 Å². The number of benzene rings is 2. The van der Waals surface area contributed by atoms with Crippen LogP contribution in [0.3, 0.4) is 0 Å². The number of hydrogen-bond acceptors (Lipinski definition) is 8. The minimum absolute atomic E-state index is 0.196. The Morgan fingerprint density at radius 2 is 1.77 bits per heavy atom. The molecular formula is C38H46N6O3. The van der Waals surface area contributed by atoms with E-state index < -0.39 is 0 Å². The number of ether oxygens (including phenoxy) is 2. The number of aromatic nitrogens is 3. The highest BCUT2D eigenvalue weighted by Crippen LogP contribution is 2.34. The molecule has 0 radical (unpaired) electrons. The number of anilines is 1. The number of amides is 1. The van der Waals surface area contributed by atoms with Gasteiger partial charge in [0.15, 0.2) is 0 Å². The Labute approximate surface area is 277 Å². The van der Waals surface area contributed by atoms with Crippen LogP contribution in [0.15, 0.2) is 60.7 Å². The molecule has 9 nitrogen and oxygen atoms in total. The predicted octanol–water partition coefficient (Wildman–Crippen LogP) is 6.49. The van der Waals surface area contributed by atoms with Gasteiger partial charge in [-0.05, 0) is 86.7 Å². The highest BCUT2D eigenvalue weighted by atomic mass is 16.5. The van der Waals surface area contributed by atoms with Gasteiger partial charge in [0.2, 0.25) is 5.91 Å². The van der Waals surface area contributed by atoms with Gasteiger partial charge < -0.3 is 19.3 Å². The molecule has 2 aromatic heterocycles. The van der Waals surface area contributed by atoms with Crippen molar-refractivity contribution in [3.63, 3.8) is 0 Å². The van der Waals surface area contributed by atoms with Crippen LogP contribution in [0, 0.1) is 5.92 Å². The number of likely N-dealkylation sites (tertiary alicyclic amines) is 1. The third kappa shape index (κ3) is 7.11. The van der Waals surface area contributed by atoms with Gasteiger partial charge in [-0.2, -0.15) is 10.2 Å². The van der Waals surface area contributed by atoms with Gasteiger partial charge in [-0.15, -0.1) is 0 Å². The number of rotatable bonds is 9. The number of nitrogens with zero attached hydrogens (tertiary/aromatic N) is 6. The summed E-state index contributed by atoms with van der Waals surface area (Å²) < 4.78 is 12.2. The van der Waals surface area contributed by atoms with Gasteiger partial charge in [-0.3, -0.25) is 9.69 Å². The smallest absolute Gasteiger partial charge is 0.223 e. The molecule has 0 N–H and O–H groups in total. The number of carbonyl (C=O) groups is 1. The quantitative estimate of drug-likeness (QED) is 0.207. The van der Waals surface area contributed by atoms with Gasteiger partial charge in [0.05, 0.1) is 16.9 Å². The number of carbonyl (C=O) groups excluding carboxylic acids is 1. The molecule has 4 aromatic rings. The third-order valence-electron chi connectivity index (χ3n) is 9.89. The molecule has 0 saturated carbocycles. The number of fused-ring (bicyclic) bond motifs is 1. The molecule has 9 heteroatoms. The zero-order valence-corrected chi connectivity index (χ0v) is 27.9. The van der Waals surface area contributed by atoms with Crippen molar-refractivity contribution in [2.45, 2.75) is 71.5 Å². The normalized spacial score (nSPS) is 21.1. The van der Waals surface area contributed by atoms with Crippen LogP contribution in [0.4, 0.5) is 5.82 Å². The Morgan fingerprint density at radius 3 is 2.47 bits per heavy atom. The summed E-state index contributed by atoms with van der Waals surface area (Å²) >= 11 is 0. The molecule has 2 aromatic carbocycles. The van der Waals surface area contributed by atoms with Gasteiger partial charge in [0.25, 0.3) is 0 Å².